The molecule has 1 aromatic rings. The highest BCUT2D eigenvalue weighted by atomic mass is 32.2. The van der Waals surface area contributed by atoms with Crippen molar-refractivity contribution in [2.75, 3.05) is 5.75 Å². The number of rotatable bonds is 8. The summed E-state index contributed by atoms with van der Waals surface area (Å²) in [4.78, 5) is 0.355. The molecular formula is C17H24O2S. The Morgan fingerprint density at radius 3 is 2.25 bits per heavy atom. The van der Waals surface area contributed by atoms with Crippen molar-refractivity contribution >= 4 is 9.84 Å². The lowest BCUT2D eigenvalue weighted by atomic mass is 10.1. The molecule has 0 aliphatic heterocycles. The van der Waals surface area contributed by atoms with E-state index in [9.17, 15) is 8.42 Å². The molecule has 0 spiro atoms. The first kappa shape index (κ1) is 16.8. The van der Waals surface area contributed by atoms with Gasteiger partial charge in [0.05, 0.1) is 4.90 Å². The van der Waals surface area contributed by atoms with Crippen molar-refractivity contribution < 1.29 is 8.42 Å². The van der Waals surface area contributed by atoms with Crippen LogP contribution < -0.4 is 0 Å². The van der Waals surface area contributed by atoms with Crippen LogP contribution in [0.1, 0.15) is 51.9 Å². The van der Waals surface area contributed by atoms with Crippen LogP contribution in [-0.2, 0) is 9.84 Å². The predicted molar refractivity (Wildman–Crippen MR) is 84.3 cm³/mol. The highest BCUT2D eigenvalue weighted by Gasteiger charge is 2.10. The molecule has 3 heteroatoms. The Morgan fingerprint density at radius 1 is 0.900 bits per heavy atom. The van der Waals surface area contributed by atoms with Gasteiger partial charge in [-0.2, -0.15) is 0 Å². The zero-order chi connectivity index (χ0) is 14.7. The van der Waals surface area contributed by atoms with E-state index in [1.54, 1.807) is 24.3 Å². The molecule has 0 fully saturated rings. The zero-order valence-corrected chi connectivity index (χ0v) is 13.1. The van der Waals surface area contributed by atoms with Crippen molar-refractivity contribution in [2.45, 2.75) is 56.8 Å². The van der Waals surface area contributed by atoms with Crippen LogP contribution in [0, 0.1) is 11.8 Å². The molecule has 0 bridgehead atoms. The minimum atomic E-state index is -3.24. The van der Waals surface area contributed by atoms with Crippen LogP contribution in [-0.4, -0.2) is 14.2 Å². The fourth-order valence-electron chi connectivity index (χ4n) is 1.94. The van der Waals surface area contributed by atoms with Crippen LogP contribution in [0.4, 0.5) is 0 Å². The Hall–Kier alpha value is -1.27. The maximum Gasteiger partial charge on any atom is 0.189 e. The van der Waals surface area contributed by atoms with E-state index < -0.39 is 9.84 Å². The molecule has 0 atom stereocenters. The number of hydrogen-bond acceptors (Lipinski definition) is 2. The van der Waals surface area contributed by atoms with Crippen LogP contribution in [0.2, 0.25) is 0 Å². The van der Waals surface area contributed by atoms with Crippen LogP contribution in [0.15, 0.2) is 35.2 Å². The van der Waals surface area contributed by atoms with Gasteiger partial charge in [0, 0.05) is 6.42 Å². The molecule has 0 N–H and O–H groups in total. The Kier molecular flexibility index (Phi) is 8.06. The fourth-order valence-corrected chi connectivity index (χ4v) is 2.97. The Bertz CT molecular complexity index is 521. The van der Waals surface area contributed by atoms with Gasteiger partial charge in [-0.1, -0.05) is 63.1 Å². The van der Waals surface area contributed by atoms with Crippen LogP contribution in [0.3, 0.4) is 0 Å². The number of hydrogen-bond donors (Lipinski definition) is 0. The summed E-state index contributed by atoms with van der Waals surface area (Å²) in [5, 5.41) is 0. The van der Waals surface area contributed by atoms with Gasteiger partial charge in [0.25, 0.3) is 0 Å². The van der Waals surface area contributed by atoms with Crippen molar-refractivity contribution in [3.63, 3.8) is 0 Å². The number of sulfone groups is 1. The SMILES string of the molecule is CCCCCCCCC#CCS(=O)(=O)c1ccccc1. The van der Waals surface area contributed by atoms with Crippen molar-refractivity contribution in [3.05, 3.63) is 30.3 Å². The molecule has 0 aliphatic carbocycles. The van der Waals surface area contributed by atoms with Gasteiger partial charge in [-0.25, -0.2) is 8.42 Å². The molecule has 0 heterocycles. The van der Waals surface area contributed by atoms with Crippen molar-refractivity contribution in [2.24, 2.45) is 0 Å². The normalized spacial score (nSPS) is 10.8. The van der Waals surface area contributed by atoms with Gasteiger partial charge in [-0.3, -0.25) is 0 Å². The van der Waals surface area contributed by atoms with Crippen LogP contribution in [0.5, 0.6) is 0 Å². The quantitative estimate of drug-likeness (QED) is 0.531. The van der Waals surface area contributed by atoms with Crippen molar-refractivity contribution in [3.8, 4) is 11.8 Å². The maximum atomic E-state index is 11.9. The average Bonchev–Trinajstić information content (AvgIpc) is 2.46. The monoisotopic (exact) mass is 292 g/mol. The molecule has 0 aliphatic rings. The Morgan fingerprint density at radius 2 is 1.55 bits per heavy atom. The maximum absolute atomic E-state index is 11.9. The third-order valence-electron chi connectivity index (χ3n) is 3.14. The first-order valence-corrected chi connectivity index (χ1v) is 9.05. The summed E-state index contributed by atoms with van der Waals surface area (Å²) in [5.41, 5.74) is 0. The summed E-state index contributed by atoms with van der Waals surface area (Å²) >= 11 is 0. The van der Waals surface area contributed by atoms with Gasteiger partial charge in [-0.15, -0.1) is 5.92 Å². The van der Waals surface area contributed by atoms with Crippen molar-refractivity contribution in [1.82, 2.24) is 0 Å². The van der Waals surface area contributed by atoms with Gasteiger partial charge in [0.15, 0.2) is 9.84 Å². The first-order chi connectivity index (χ1) is 9.67. The molecule has 110 valence electrons. The molecule has 1 rings (SSSR count). The molecule has 0 aromatic heterocycles. The zero-order valence-electron chi connectivity index (χ0n) is 12.3. The van der Waals surface area contributed by atoms with Crippen LogP contribution >= 0.6 is 0 Å². The van der Waals surface area contributed by atoms with Crippen LogP contribution in [0.25, 0.3) is 0 Å². The smallest absolute Gasteiger partial charge is 0.189 e. The minimum absolute atomic E-state index is 0.0765. The van der Waals surface area contributed by atoms with Gasteiger partial charge in [0.1, 0.15) is 5.75 Å². The third-order valence-corrected chi connectivity index (χ3v) is 4.66. The highest BCUT2D eigenvalue weighted by molar-refractivity contribution is 7.91. The minimum Gasteiger partial charge on any atom is -0.223 e. The van der Waals surface area contributed by atoms with E-state index in [1.807, 2.05) is 6.07 Å². The first-order valence-electron chi connectivity index (χ1n) is 7.40. The molecule has 0 saturated carbocycles. The summed E-state index contributed by atoms with van der Waals surface area (Å²) in [6, 6.07) is 8.51. The summed E-state index contributed by atoms with van der Waals surface area (Å²) in [7, 11) is -3.24. The molecule has 20 heavy (non-hydrogen) atoms. The topological polar surface area (TPSA) is 34.1 Å². The third kappa shape index (κ3) is 6.77. The molecule has 0 saturated heterocycles. The van der Waals surface area contributed by atoms with Gasteiger partial charge in [0.2, 0.25) is 0 Å². The lowest BCUT2D eigenvalue weighted by Gasteiger charge is -1.99. The van der Waals surface area contributed by atoms with E-state index in [-0.39, 0.29) is 5.75 Å². The Labute approximate surface area is 123 Å². The van der Waals surface area contributed by atoms with E-state index in [1.165, 1.54) is 32.1 Å². The molecule has 0 unspecified atom stereocenters. The van der Waals surface area contributed by atoms with E-state index in [0.717, 1.165) is 12.8 Å². The average molecular weight is 292 g/mol. The predicted octanol–water partition coefficient (Wildman–Crippen LogP) is 4.21. The fraction of sp³-hybridized carbons (Fsp3) is 0.529. The summed E-state index contributed by atoms with van der Waals surface area (Å²) in [6.45, 7) is 2.21. The lowest BCUT2D eigenvalue weighted by molar-refractivity contribution is 0.599. The van der Waals surface area contributed by atoms with E-state index in [2.05, 4.69) is 18.8 Å². The van der Waals surface area contributed by atoms with Gasteiger partial charge < -0.3 is 0 Å². The van der Waals surface area contributed by atoms with E-state index >= 15 is 0 Å². The molecular weight excluding hydrogens is 268 g/mol. The molecule has 0 amide bonds. The molecule has 2 nitrogen and oxygen atoms in total. The van der Waals surface area contributed by atoms with Gasteiger partial charge >= 0.3 is 0 Å². The van der Waals surface area contributed by atoms with Crippen molar-refractivity contribution in [1.29, 1.82) is 0 Å². The van der Waals surface area contributed by atoms with E-state index in [4.69, 9.17) is 0 Å². The second-order valence-electron chi connectivity index (χ2n) is 4.94. The Balaban J connectivity index is 2.25. The second-order valence-corrected chi connectivity index (χ2v) is 6.93. The number of benzene rings is 1. The summed E-state index contributed by atoms with van der Waals surface area (Å²) in [5.74, 6) is 5.68. The largest absolute Gasteiger partial charge is 0.223 e. The second kappa shape index (κ2) is 9.61. The standard InChI is InChI=1S/C17H24O2S/c1-2-3-4-5-6-7-8-9-13-16-20(18,19)17-14-11-10-12-15-17/h10-12,14-15H,2-8,16H2,1H3. The highest BCUT2D eigenvalue weighted by Crippen LogP contribution is 2.09. The summed E-state index contributed by atoms with van der Waals surface area (Å²) < 4.78 is 23.9. The van der Waals surface area contributed by atoms with Gasteiger partial charge in [-0.05, 0) is 18.6 Å². The van der Waals surface area contributed by atoms with E-state index in [0.29, 0.717) is 4.90 Å². The lowest BCUT2D eigenvalue weighted by Crippen LogP contribution is -2.04. The molecule has 0 radical (unpaired) electrons. The molecule has 1 aromatic carbocycles. The summed E-state index contributed by atoms with van der Waals surface area (Å²) in [6.07, 6.45) is 8.20. The number of unbranched alkanes of at least 4 members (excludes halogenated alkanes) is 6.